The van der Waals surface area contributed by atoms with Crippen molar-refractivity contribution < 1.29 is 19.2 Å². The van der Waals surface area contributed by atoms with E-state index < -0.39 is 23.4 Å². The van der Waals surface area contributed by atoms with Gasteiger partial charge in [-0.3, -0.25) is 14.9 Å². The maximum atomic E-state index is 12.1. The van der Waals surface area contributed by atoms with Gasteiger partial charge in [-0.25, -0.2) is 4.79 Å². The summed E-state index contributed by atoms with van der Waals surface area (Å²) in [5.74, 6) is -1.30. The zero-order chi connectivity index (χ0) is 19.3. The monoisotopic (exact) mass is 357 g/mol. The molecule has 0 saturated heterocycles. The van der Waals surface area contributed by atoms with Gasteiger partial charge in [0.05, 0.1) is 10.5 Å². The second-order valence-corrected chi connectivity index (χ2v) is 5.85. The normalized spacial score (nSPS) is 10.1. The van der Waals surface area contributed by atoms with Crippen molar-refractivity contribution in [3.63, 3.8) is 0 Å². The summed E-state index contributed by atoms with van der Waals surface area (Å²) in [5, 5.41) is 13.8. The van der Waals surface area contributed by atoms with Gasteiger partial charge in [0.15, 0.2) is 6.61 Å². The van der Waals surface area contributed by atoms with Crippen molar-refractivity contribution >= 4 is 28.9 Å². The third-order valence-corrected chi connectivity index (χ3v) is 3.53. The number of rotatable bonds is 6. The number of anilines is 2. The Bertz CT molecular complexity index is 848. The van der Waals surface area contributed by atoms with Gasteiger partial charge in [0.1, 0.15) is 5.69 Å². The molecule has 0 bridgehead atoms. The standard InChI is InChI=1S/C18H19N3O5/c1-12-5-4-6-14(9-12)19-17(22)11-26-18(23)13-7-8-15(20(2)3)16(10-13)21(24)25/h4-10H,11H2,1-3H3,(H,19,22). The zero-order valence-electron chi connectivity index (χ0n) is 14.7. The highest BCUT2D eigenvalue weighted by atomic mass is 16.6. The van der Waals surface area contributed by atoms with Gasteiger partial charge in [-0.1, -0.05) is 12.1 Å². The highest BCUT2D eigenvalue weighted by Gasteiger charge is 2.20. The number of aryl methyl sites for hydroxylation is 1. The Morgan fingerprint density at radius 1 is 1.19 bits per heavy atom. The number of esters is 1. The molecule has 8 nitrogen and oxygen atoms in total. The summed E-state index contributed by atoms with van der Waals surface area (Å²) in [4.78, 5) is 36.1. The number of benzene rings is 2. The maximum absolute atomic E-state index is 12.1. The molecule has 0 fully saturated rings. The van der Waals surface area contributed by atoms with Gasteiger partial charge in [-0.2, -0.15) is 0 Å². The Balaban J connectivity index is 2.02. The van der Waals surface area contributed by atoms with Gasteiger partial charge in [0, 0.05) is 25.8 Å². The number of hydrogen-bond donors (Lipinski definition) is 1. The molecule has 2 aromatic rings. The molecule has 0 radical (unpaired) electrons. The van der Waals surface area contributed by atoms with E-state index in [1.54, 1.807) is 37.2 Å². The Morgan fingerprint density at radius 2 is 1.92 bits per heavy atom. The van der Waals surface area contributed by atoms with Crippen LogP contribution >= 0.6 is 0 Å². The van der Waals surface area contributed by atoms with Gasteiger partial charge < -0.3 is 15.0 Å². The van der Waals surface area contributed by atoms with Crippen molar-refractivity contribution in [2.24, 2.45) is 0 Å². The summed E-state index contributed by atoms with van der Waals surface area (Å²) in [6, 6.07) is 11.2. The number of ether oxygens (including phenoxy) is 1. The number of nitro groups is 1. The average Bonchev–Trinajstić information content (AvgIpc) is 2.59. The van der Waals surface area contributed by atoms with Crippen LogP contribution in [0.25, 0.3) is 0 Å². The maximum Gasteiger partial charge on any atom is 0.338 e. The molecule has 136 valence electrons. The highest BCUT2D eigenvalue weighted by Crippen LogP contribution is 2.27. The second-order valence-electron chi connectivity index (χ2n) is 5.85. The quantitative estimate of drug-likeness (QED) is 0.484. The topological polar surface area (TPSA) is 102 Å². The van der Waals surface area contributed by atoms with E-state index in [-0.39, 0.29) is 11.3 Å². The second kappa shape index (κ2) is 8.11. The van der Waals surface area contributed by atoms with E-state index in [1.165, 1.54) is 12.1 Å². The fourth-order valence-electron chi connectivity index (χ4n) is 2.31. The summed E-state index contributed by atoms with van der Waals surface area (Å²) in [5.41, 5.74) is 1.73. The molecule has 0 aliphatic heterocycles. The Hall–Kier alpha value is -3.42. The fraction of sp³-hybridized carbons (Fsp3) is 0.222. The fourth-order valence-corrected chi connectivity index (χ4v) is 2.31. The predicted molar refractivity (Wildman–Crippen MR) is 97.5 cm³/mol. The Kier molecular flexibility index (Phi) is 5.90. The van der Waals surface area contributed by atoms with Crippen molar-refractivity contribution in [2.45, 2.75) is 6.92 Å². The molecule has 0 aliphatic rings. The molecule has 26 heavy (non-hydrogen) atoms. The first-order valence-electron chi connectivity index (χ1n) is 7.77. The van der Waals surface area contributed by atoms with Crippen LogP contribution in [0.2, 0.25) is 0 Å². The lowest BCUT2D eigenvalue weighted by molar-refractivity contribution is -0.384. The van der Waals surface area contributed by atoms with Crippen LogP contribution in [0.5, 0.6) is 0 Å². The molecule has 0 spiro atoms. The molecule has 2 aromatic carbocycles. The van der Waals surface area contributed by atoms with Crippen LogP contribution in [0.4, 0.5) is 17.1 Å². The summed E-state index contributed by atoms with van der Waals surface area (Å²) in [6.07, 6.45) is 0. The first kappa shape index (κ1) is 18.9. The van der Waals surface area contributed by atoms with Crippen LogP contribution in [0.3, 0.4) is 0 Å². The molecule has 0 aromatic heterocycles. The Morgan fingerprint density at radius 3 is 2.54 bits per heavy atom. The van der Waals surface area contributed by atoms with Gasteiger partial charge in [-0.05, 0) is 36.8 Å². The molecule has 0 heterocycles. The summed E-state index contributed by atoms with van der Waals surface area (Å²) < 4.78 is 4.94. The van der Waals surface area contributed by atoms with Crippen molar-refractivity contribution in [1.29, 1.82) is 0 Å². The summed E-state index contributed by atoms with van der Waals surface area (Å²) >= 11 is 0. The van der Waals surface area contributed by atoms with Crippen molar-refractivity contribution in [1.82, 2.24) is 0 Å². The van der Waals surface area contributed by atoms with Crippen molar-refractivity contribution in [3.8, 4) is 0 Å². The van der Waals surface area contributed by atoms with Crippen LogP contribution in [-0.2, 0) is 9.53 Å². The minimum absolute atomic E-state index is 0.00524. The number of carbonyl (C=O) groups excluding carboxylic acids is 2. The summed E-state index contributed by atoms with van der Waals surface area (Å²) in [6.45, 7) is 1.40. The average molecular weight is 357 g/mol. The third kappa shape index (κ3) is 4.79. The first-order chi connectivity index (χ1) is 12.3. The number of hydrogen-bond acceptors (Lipinski definition) is 6. The van der Waals surface area contributed by atoms with Crippen molar-refractivity contribution in [2.75, 3.05) is 30.9 Å². The largest absolute Gasteiger partial charge is 0.452 e. The number of carbonyl (C=O) groups is 2. The predicted octanol–water partition coefficient (Wildman–Crippen LogP) is 2.76. The van der Waals surface area contributed by atoms with E-state index in [2.05, 4.69) is 5.32 Å². The zero-order valence-corrected chi connectivity index (χ0v) is 14.7. The van der Waals surface area contributed by atoms with E-state index >= 15 is 0 Å². The van der Waals surface area contributed by atoms with E-state index in [1.807, 2.05) is 13.0 Å². The molecule has 0 atom stereocenters. The highest BCUT2D eigenvalue weighted by molar-refractivity contribution is 5.96. The molecule has 1 N–H and O–H groups in total. The van der Waals surface area contributed by atoms with E-state index in [0.717, 1.165) is 11.6 Å². The number of nitrogens with one attached hydrogen (secondary N) is 1. The molecular weight excluding hydrogens is 338 g/mol. The van der Waals surface area contributed by atoms with Gasteiger partial charge in [0.25, 0.3) is 11.6 Å². The molecule has 1 amide bonds. The molecule has 0 aliphatic carbocycles. The van der Waals surface area contributed by atoms with Crippen LogP contribution in [0.15, 0.2) is 42.5 Å². The lowest BCUT2D eigenvalue weighted by Gasteiger charge is -2.13. The third-order valence-electron chi connectivity index (χ3n) is 3.53. The molecule has 8 heteroatoms. The van der Waals surface area contributed by atoms with E-state index in [9.17, 15) is 19.7 Å². The number of nitro benzene ring substituents is 1. The minimum atomic E-state index is -0.808. The lowest BCUT2D eigenvalue weighted by atomic mass is 10.1. The smallest absolute Gasteiger partial charge is 0.338 e. The summed E-state index contributed by atoms with van der Waals surface area (Å²) in [7, 11) is 3.33. The van der Waals surface area contributed by atoms with Crippen LogP contribution < -0.4 is 10.2 Å². The number of amides is 1. The van der Waals surface area contributed by atoms with Crippen LogP contribution in [0.1, 0.15) is 15.9 Å². The van der Waals surface area contributed by atoms with Gasteiger partial charge >= 0.3 is 5.97 Å². The molecular formula is C18H19N3O5. The van der Waals surface area contributed by atoms with Crippen LogP contribution in [0, 0.1) is 17.0 Å². The molecule has 0 saturated carbocycles. The van der Waals surface area contributed by atoms with E-state index in [4.69, 9.17) is 4.74 Å². The van der Waals surface area contributed by atoms with Crippen molar-refractivity contribution in [3.05, 3.63) is 63.7 Å². The molecule has 2 rings (SSSR count). The van der Waals surface area contributed by atoms with Crippen LogP contribution in [-0.4, -0.2) is 37.5 Å². The number of nitrogens with zero attached hydrogens (tertiary/aromatic N) is 2. The minimum Gasteiger partial charge on any atom is -0.452 e. The van der Waals surface area contributed by atoms with Gasteiger partial charge in [-0.15, -0.1) is 0 Å². The SMILES string of the molecule is Cc1cccc(NC(=O)COC(=O)c2ccc(N(C)C)c([N+](=O)[O-])c2)c1. The van der Waals surface area contributed by atoms with Gasteiger partial charge in [0.2, 0.25) is 0 Å². The molecule has 0 unspecified atom stereocenters. The lowest BCUT2D eigenvalue weighted by Crippen LogP contribution is -2.21. The van der Waals surface area contributed by atoms with E-state index in [0.29, 0.717) is 11.4 Å². The first-order valence-corrected chi connectivity index (χ1v) is 7.77. The Labute approximate surface area is 150 Å².